The van der Waals surface area contributed by atoms with Crippen LogP contribution in [0.25, 0.3) is 0 Å². The third kappa shape index (κ3) is 11.1. The van der Waals surface area contributed by atoms with Gasteiger partial charge in [0.05, 0.1) is 46.1 Å². The van der Waals surface area contributed by atoms with Gasteiger partial charge >= 0.3 is 0 Å². The van der Waals surface area contributed by atoms with Crippen LogP contribution in [0.1, 0.15) is 99.9 Å². The first-order valence-corrected chi connectivity index (χ1v) is 17.1. The van der Waals surface area contributed by atoms with Crippen LogP contribution in [-0.4, -0.2) is 80.9 Å². The number of hydroxylamine groups is 2. The molecule has 288 valence electrons. The minimum atomic E-state index is -0.744. The maximum absolute atomic E-state index is 14.0. The monoisotopic (exact) mass is 730 g/mol. The number of Topliss-reactive ketones (excluding diaryl/α,β-unsaturated/α-hetero) is 1. The van der Waals surface area contributed by atoms with Crippen molar-refractivity contribution in [2.75, 3.05) is 41.7 Å². The molecule has 0 spiro atoms. The summed E-state index contributed by atoms with van der Waals surface area (Å²) in [5.74, 6) is 0.860. The number of carbonyl (C=O) groups is 3. The summed E-state index contributed by atoms with van der Waals surface area (Å²) in [6.07, 6.45) is 5.17. The molecule has 14 nitrogen and oxygen atoms in total. The second-order valence-electron chi connectivity index (χ2n) is 13.8. The zero-order valence-corrected chi connectivity index (χ0v) is 31.7. The molecule has 0 saturated carbocycles. The van der Waals surface area contributed by atoms with Crippen LogP contribution in [0, 0.1) is 0 Å². The van der Waals surface area contributed by atoms with Crippen molar-refractivity contribution in [2.45, 2.75) is 96.9 Å². The van der Waals surface area contributed by atoms with Gasteiger partial charge < -0.3 is 33.2 Å². The van der Waals surface area contributed by atoms with E-state index in [1.165, 1.54) is 14.2 Å². The highest BCUT2D eigenvalue weighted by Gasteiger charge is 2.36. The van der Waals surface area contributed by atoms with Crippen LogP contribution in [-0.2, 0) is 31.9 Å². The second kappa shape index (κ2) is 18.9. The van der Waals surface area contributed by atoms with Crippen LogP contribution in [0.5, 0.6) is 28.7 Å². The van der Waals surface area contributed by atoms with Crippen molar-refractivity contribution in [2.24, 2.45) is 0 Å². The SMILES string of the molecule is COc1cc2c(c(OC)c1CCC(C)(C)OCC(=O)NO)C(=O)CC(c1ccc(OC)c(OC)c1C/C=C(\C)CCCC(C)(C)OCC(=O)NO)O2. The van der Waals surface area contributed by atoms with Gasteiger partial charge in [-0.25, -0.2) is 11.0 Å². The summed E-state index contributed by atoms with van der Waals surface area (Å²) >= 11 is 0. The van der Waals surface area contributed by atoms with Crippen LogP contribution < -0.4 is 34.6 Å². The molecule has 2 aromatic rings. The van der Waals surface area contributed by atoms with E-state index >= 15 is 0 Å². The first-order valence-electron chi connectivity index (χ1n) is 17.1. The van der Waals surface area contributed by atoms with E-state index in [-0.39, 0.29) is 25.4 Å². The Morgan fingerprint density at radius 3 is 2.02 bits per heavy atom. The molecule has 14 heteroatoms. The highest BCUT2D eigenvalue weighted by atomic mass is 16.5. The number of allylic oxidation sites excluding steroid dienone is 2. The summed E-state index contributed by atoms with van der Waals surface area (Å²) in [5.41, 5.74) is 5.59. The number of rotatable bonds is 20. The van der Waals surface area contributed by atoms with E-state index in [4.69, 9.17) is 43.6 Å². The number of nitrogens with one attached hydrogen (secondary N) is 2. The van der Waals surface area contributed by atoms with Crippen LogP contribution >= 0.6 is 0 Å². The average Bonchev–Trinajstić information content (AvgIpc) is 3.12. The molecule has 1 unspecified atom stereocenters. The van der Waals surface area contributed by atoms with Gasteiger partial charge in [0.1, 0.15) is 42.1 Å². The molecule has 0 aliphatic carbocycles. The number of carbonyl (C=O) groups excluding carboxylic acids is 3. The van der Waals surface area contributed by atoms with E-state index in [0.717, 1.165) is 29.5 Å². The Labute approximate surface area is 305 Å². The van der Waals surface area contributed by atoms with Crippen LogP contribution in [0.2, 0.25) is 0 Å². The molecule has 2 amide bonds. The highest BCUT2D eigenvalue weighted by molar-refractivity contribution is 6.03. The summed E-state index contributed by atoms with van der Waals surface area (Å²) < 4.78 is 40.9. The Kier molecular flexibility index (Phi) is 15.3. The molecular weight excluding hydrogens is 676 g/mol. The Bertz CT molecular complexity index is 1600. The molecule has 1 atom stereocenters. The number of ether oxygens (including phenoxy) is 7. The van der Waals surface area contributed by atoms with E-state index in [1.54, 1.807) is 37.3 Å². The molecule has 3 rings (SSSR count). The molecule has 2 aromatic carbocycles. The van der Waals surface area contributed by atoms with E-state index in [9.17, 15) is 14.4 Å². The third-order valence-corrected chi connectivity index (χ3v) is 9.10. The van der Waals surface area contributed by atoms with Gasteiger partial charge in [0, 0.05) is 22.8 Å². The Balaban J connectivity index is 1.89. The van der Waals surface area contributed by atoms with Gasteiger partial charge in [-0.05, 0) is 79.2 Å². The lowest BCUT2D eigenvalue weighted by Crippen LogP contribution is -2.32. The maximum atomic E-state index is 14.0. The normalized spacial score (nSPS) is 14.6. The van der Waals surface area contributed by atoms with Crippen molar-refractivity contribution in [3.63, 3.8) is 0 Å². The number of methoxy groups -OCH3 is 4. The van der Waals surface area contributed by atoms with Crippen molar-refractivity contribution in [3.05, 3.63) is 52.1 Å². The molecule has 4 N–H and O–H groups in total. The summed E-state index contributed by atoms with van der Waals surface area (Å²) in [7, 11) is 6.18. The lowest BCUT2D eigenvalue weighted by atomic mass is 9.88. The quantitative estimate of drug-likeness (QED) is 0.0752. The van der Waals surface area contributed by atoms with Crippen molar-refractivity contribution in [3.8, 4) is 28.7 Å². The summed E-state index contributed by atoms with van der Waals surface area (Å²) in [4.78, 5) is 36.8. The minimum Gasteiger partial charge on any atom is -0.496 e. The Morgan fingerprint density at radius 1 is 0.865 bits per heavy atom. The van der Waals surface area contributed by atoms with Crippen LogP contribution in [0.15, 0.2) is 29.8 Å². The zero-order valence-electron chi connectivity index (χ0n) is 31.7. The summed E-state index contributed by atoms with van der Waals surface area (Å²) in [5, 5.41) is 17.5. The number of hydrogen-bond acceptors (Lipinski definition) is 12. The Hall–Kier alpha value is -4.37. The first-order chi connectivity index (χ1) is 24.6. The molecule has 1 aliphatic rings. The third-order valence-electron chi connectivity index (χ3n) is 9.10. The predicted molar refractivity (Wildman–Crippen MR) is 191 cm³/mol. The smallest absolute Gasteiger partial charge is 0.269 e. The van der Waals surface area contributed by atoms with E-state index < -0.39 is 29.1 Å². The molecule has 0 saturated heterocycles. The van der Waals surface area contributed by atoms with E-state index in [1.807, 2.05) is 40.7 Å². The largest absolute Gasteiger partial charge is 0.496 e. The summed E-state index contributed by atoms with van der Waals surface area (Å²) in [6.45, 7) is 8.96. The molecule has 1 heterocycles. The number of fused-ring (bicyclic) bond motifs is 1. The summed E-state index contributed by atoms with van der Waals surface area (Å²) in [6, 6.07) is 5.40. The van der Waals surface area contributed by atoms with Crippen molar-refractivity contribution in [1.29, 1.82) is 0 Å². The predicted octanol–water partition coefficient (Wildman–Crippen LogP) is 5.62. The van der Waals surface area contributed by atoms with E-state index in [2.05, 4.69) is 6.08 Å². The number of ketones is 1. The van der Waals surface area contributed by atoms with Crippen LogP contribution in [0.4, 0.5) is 0 Å². The molecule has 0 fully saturated rings. The highest BCUT2D eigenvalue weighted by Crippen LogP contribution is 2.48. The van der Waals surface area contributed by atoms with Crippen molar-refractivity contribution >= 4 is 17.6 Å². The lowest BCUT2D eigenvalue weighted by Gasteiger charge is -2.31. The number of benzene rings is 2. The zero-order chi connectivity index (χ0) is 38.6. The van der Waals surface area contributed by atoms with Crippen molar-refractivity contribution < 1.29 is 58.0 Å². The fraction of sp³-hybridized carbons (Fsp3) is 0.553. The maximum Gasteiger partial charge on any atom is 0.269 e. The fourth-order valence-electron chi connectivity index (χ4n) is 6.14. The molecule has 0 radical (unpaired) electrons. The average molecular weight is 731 g/mol. The van der Waals surface area contributed by atoms with Gasteiger partial charge in [-0.2, -0.15) is 0 Å². The number of amides is 2. The molecule has 1 aliphatic heterocycles. The first kappa shape index (κ1) is 42.0. The van der Waals surface area contributed by atoms with Gasteiger partial charge in [0.25, 0.3) is 11.8 Å². The van der Waals surface area contributed by atoms with Gasteiger partial charge in [0.15, 0.2) is 17.3 Å². The molecular formula is C38H54N2O12. The van der Waals surface area contributed by atoms with E-state index in [0.29, 0.717) is 65.6 Å². The molecule has 0 bridgehead atoms. The van der Waals surface area contributed by atoms with Gasteiger partial charge in [0.2, 0.25) is 0 Å². The van der Waals surface area contributed by atoms with Gasteiger partial charge in [-0.15, -0.1) is 0 Å². The molecule has 52 heavy (non-hydrogen) atoms. The standard InChI is InChI=1S/C38H54N2O12/c1-23(11-10-17-37(2,3)50-21-32(42)39-44)12-13-25-24(14-15-28(46-6)35(25)48-8)30-19-27(41)34-31(52-30)20-29(47-7)26(36(34)49-9)16-18-38(4,5)51-22-33(43)40-45/h12,14-15,20,30,44-45H,10-11,13,16-19,21-22H2,1-9H3,(H,39,42)(H,40,43)/b23-12+. The van der Waals surface area contributed by atoms with Crippen molar-refractivity contribution in [1.82, 2.24) is 11.0 Å². The fourth-order valence-corrected chi connectivity index (χ4v) is 6.14. The number of hydrogen-bond donors (Lipinski definition) is 4. The van der Waals surface area contributed by atoms with Gasteiger partial charge in [-0.1, -0.05) is 17.7 Å². The lowest BCUT2D eigenvalue weighted by molar-refractivity contribution is -0.140. The second-order valence-corrected chi connectivity index (χ2v) is 13.8. The Morgan fingerprint density at radius 2 is 1.46 bits per heavy atom. The molecule has 0 aromatic heterocycles. The topological polar surface area (TPSA) is 180 Å². The van der Waals surface area contributed by atoms with Crippen LogP contribution in [0.3, 0.4) is 0 Å². The minimum absolute atomic E-state index is 0.0502. The van der Waals surface area contributed by atoms with Gasteiger partial charge in [-0.3, -0.25) is 24.8 Å².